The third-order valence-electron chi connectivity index (χ3n) is 4.95. The molecule has 0 unspecified atom stereocenters. The number of benzene rings is 2. The van der Waals surface area contributed by atoms with Crippen molar-refractivity contribution in [3.05, 3.63) is 77.9 Å². The number of piperazine rings is 1. The first-order chi connectivity index (χ1) is 13.7. The summed E-state index contributed by atoms with van der Waals surface area (Å²) in [4.78, 5) is 20.9. The predicted octanol–water partition coefficient (Wildman–Crippen LogP) is 2.10. The zero-order valence-electron chi connectivity index (χ0n) is 15.4. The van der Waals surface area contributed by atoms with Crippen LogP contribution in [0.3, 0.4) is 0 Å². The highest BCUT2D eigenvalue weighted by atomic mass is 16.2. The molecular weight excluding hydrogens is 352 g/mol. The summed E-state index contributed by atoms with van der Waals surface area (Å²) in [6.45, 7) is 3.92. The summed E-state index contributed by atoms with van der Waals surface area (Å²) >= 11 is 0. The smallest absolute Gasteiger partial charge is 0.253 e. The highest BCUT2D eigenvalue weighted by Gasteiger charge is 2.22. The molecule has 2 heterocycles. The molecule has 0 atom stereocenters. The molecule has 0 spiro atoms. The van der Waals surface area contributed by atoms with Gasteiger partial charge in [-0.2, -0.15) is 10.4 Å². The molecule has 7 heteroatoms. The molecule has 1 amide bonds. The predicted molar refractivity (Wildman–Crippen MR) is 104 cm³/mol. The van der Waals surface area contributed by atoms with Gasteiger partial charge in [0.15, 0.2) is 0 Å². The third kappa shape index (κ3) is 3.92. The van der Waals surface area contributed by atoms with E-state index >= 15 is 0 Å². The van der Waals surface area contributed by atoms with Crippen LogP contribution in [-0.4, -0.2) is 56.7 Å². The fraction of sp³-hybridized carbons (Fsp3) is 0.238. The summed E-state index contributed by atoms with van der Waals surface area (Å²) in [6, 6.07) is 17.2. The van der Waals surface area contributed by atoms with E-state index in [4.69, 9.17) is 5.26 Å². The number of carbonyl (C=O) groups is 1. The highest BCUT2D eigenvalue weighted by molar-refractivity contribution is 5.94. The largest absolute Gasteiger partial charge is 0.336 e. The number of nitriles is 1. The van der Waals surface area contributed by atoms with Gasteiger partial charge in [-0.05, 0) is 42.0 Å². The SMILES string of the molecule is N#Cc1ccc(CN2CCN(C(=O)c3ccc(-n4cncn4)cc3)CC2)cc1. The topological polar surface area (TPSA) is 78.0 Å². The lowest BCUT2D eigenvalue weighted by Gasteiger charge is -2.34. The van der Waals surface area contributed by atoms with E-state index in [-0.39, 0.29) is 5.91 Å². The quantitative estimate of drug-likeness (QED) is 0.701. The van der Waals surface area contributed by atoms with E-state index in [2.05, 4.69) is 21.1 Å². The number of nitrogens with zero attached hydrogens (tertiary/aromatic N) is 6. The molecule has 0 aliphatic carbocycles. The van der Waals surface area contributed by atoms with Crippen molar-refractivity contribution in [1.29, 1.82) is 5.26 Å². The van der Waals surface area contributed by atoms with Crippen LogP contribution in [0.4, 0.5) is 0 Å². The summed E-state index contributed by atoms with van der Waals surface area (Å²) in [5, 5.41) is 13.0. The Labute approximate surface area is 163 Å². The maximum Gasteiger partial charge on any atom is 0.253 e. The molecule has 3 aromatic rings. The monoisotopic (exact) mass is 372 g/mol. The van der Waals surface area contributed by atoms with Crippen molar-refractivity contribution in [3.63, 3.8) is 0 Å². The summed E-state index contributed by atoms with van der Waals surface area (Å²) in [5.41, 5.74) is 3.42. The van der Waals surface area contributed by atoms with Crippen molar-refractivity contribution in [2.24, 2.45) is 0 Å². The van der Waals surface area contributed by atoms with Gasteiger partial charge in [-0.3, -0.25) is 9.69 Å². The average Bonchev–Trinajstić information content (AvgIpc) is 3.29. The summed E-state index contributed by atoms with van der Waals surface area (Å²) in [7, 11) is 0. The van der Waals surface area contributed by atoms with Crippen LogP contribution in [0.5, 0.6) is 0 Å². The van der Waals surface area contributed by atoms with Gasteiger partial charge in [0, 0.05) is 38.3 Å². The first-order valence-corrected chi connectivity index (χ1v) is 9.19. The Morgan fingerprint density at radius 3 is 2.32 bits per heavy atom. The molecule has 1 aliphatic rings. The van der Waals surface area contributed by atoms with Crippen LogP contribution >= 0.6 is 0 Å². The van der Waals surface area contributed by atoms with Gasteiger partial charge >= 0.3 is 0 Å². The van der Waals surface area contributed by atoms with E-state index in [1.807, 2.05) is 53.4 Å². The fourth-order valence-electron chi connectivity index (χ4n) is 3.33. The highest BCUT2D eigenvalue weighted by Crippen LogP contribution is 2.14. The van der Waals surface area contributed by atoms with Gasteiger partial charge in [-0.15, -0.1) is 0 Å². The standard InChI is InChI=1S/C21H20N6O/c22-13-17-1-3-18(4-2-17)14-25-9-11-26(12-10-25)21(28)19-5-7-20(8-6-19)27-16-23-15-24-27/h1-8,15-16H,9-12,14H2. The molecular formula is C21H20N6O. The molecule has 1 aliphatic heterocycles. The van der Waals surface area contributed by atoms with Gasteiger partial charge < -0.3 is 4.90 Å². The van der Waals surface area contributed by atoms with Crippen LogP contribution in [0.2, 0.25) is 0 Å². The van der Waals surface area contributed by atoms with Gasteiger partial charge in [0.05, 0.1) is 17.3 Å². The zero-order valence-corrected chi connectivity index (χ0v) is 15.4. The number of hydrogen-bond donors (Lipinski definition) is 0. The van der Waals surface area contributed by atoms with Crippen molar-refractivity contribution in [3.8, 4) is 11.8 Å². The Kier molecular flexibility index (Phi) is 5.13. The van der Waals surface area contributed by atoms with E-state index < -0.39 is 0 Å². The number of carbonyl (C=O) groups excluding carboxylic acids is 1. The average molecular weight is 372 g/mol. The molecule has 28 heavy (non-hydrogen) atoms. The zero-order chi connectivity index (χ0) is 19.3. The molecule has 1 saturated heterocycles. The van der Waals surface area contributed by atoms with Crippen LogP contribution < -0.4 is 0 Å². The van der Waals surface area contributed by atoms with Crippen LogP contribution in [0, 0.1) is 11.3 Å². The first-order valence-electron chi connectivity index (χ1n) is 9.19. The van der Waals surface area contributed by atoms with E-state index in [1.54, 1.807) is 11.0 Å². The Morgan fingerprint density at radius 1 is 1.00 bits per heavy atom. The minimum atomic E-state index is 0.0585. The summed E-state index contributed by atoms with van der Waals surface area (Å²) in [6.07, 6.45) is 3.11. The molecule has 1 aromatic heterocycles. The van der Waals surface area contributed by atoms with Gasteiger partial charge in [-0.25, -0.2) is 9.67 Å². The van der Waals surface area contributed by atoms with Crippen molar-refractivity contribution in [2.45, 2.75) is 6.54 Å². The second-order valence-corrected chi connectivity index (χ2v) is 6.76. The molecule has 0 bridgehead atoms. The van der Waals surface area contributed by atoms with Gasteiger partial charge in [0.2, 0.25) is 0 Å². The van der Waals surface area contributed by atoms with E-state index in [0.29, 0.717) is 24.2 Å². The molecule has 2 aromatic carbocycles. The third-order valence-corrected chi connectivity index (χ3v) is 4.95. The molecule has 0 saturated carbocycles. The van der Waals surface area contributed by atoms with Crippen LogP contribution in [0.1, 0.15) is 21.5 Å². The summed E-state index contributed by atoms with van der Waals surface area (Å²) < 4.78 is 1.66. The van der Waals surface area contributed by atoms with Crippen molar-refractivity contribution < 1.29 is 4.79 Å². The van der Waals surface area contributed by atoms with E-state index in [0.717, 1.165) is 25.3 Å². The Balaban J connectivity index is 1.33. The maximum absolute atomic E-state index is 12.8. The van der Waals surface area contributed by atoms with E-state index in [1.165, 1.54) is 11.9 Å². The maximum atomic E-state index is 12.8. The lowest BCUT2D eigenvalue weighted by molar-refractivity contribution is 0.0628. The van der Waals surface area contributed by atoms with Crippen LogP contribution in [0.25, 0.3) is 5.69 Å². The normalized spacial score (nSPS) is 14.6. The van der Waals surface area contributed by atoms with Crippen molar-refractivity contribution in [2.75, 3.05) is 26.2 Å². The van der Waals surface area contributed by atoms with Crippen molar-refractivity contribution >= 4 is 5.91 Å². The van der Waals surface area contributed by atoms with Crippen molar-refractivity contribution in [1.82, 2.24) is 24.6 Å². The second kappa shape index (κ2) is 8.03. The number of hydrogen-bond acceptors (Lipinski definition) is 5. The molecule has 0 radical (unpaired) electrons. The van der Waals surface area contributed by atoms with Gasteiger partial charge in [0.25, 0.3) is 5.91 Å². The summed E-state index contributed by atoms with van der Waals surface area (Å²) in [5.74, 6) is 0.0585. The first kappa shape index (κ1) is 17.9. The van der Waals surface area contributed by atoms with Crippen LogP contribution in [-0.2, 0) is 6.54 Å². The fourth-order valence-corrected chi connectivity index (χ4v) is 3.33. The second-order valence-electron chi connectivity index (χ2n) is 6.76. The minimum Gasteiger partial charge on any atom is -0.336 e. The Morgan fingerprint density at radius 2 is 1.71 bits per heavy atom. The number of rotatable bonds is 4. The number of amides is 1. The molecule has 4 rings (SSSR count). The number of aromatic nitrogens is 3. The molecule has 7 nitrogen and oxygen atoms in total. The molecule has 140 valence electrons. The molecule has 1 fully saturated rings. The Hall–Kier alpha value is -3.50. The van der Waals surface area contributed by atoms with E-state index in [9.17, 15) is 4.79 Å². The van der Waals surface area contributed by atoms with Gasteiger partial charge in [0.1, 0.15) is 12.7 Å². The van der Waals surface area contributed by atoms with Crippen LogP contribution in [0.15, 0.2) is 61.2 Å². The molecule has 0 N–H and O–H groups in total. The lowest BCUT2D eigenvalue weighted by Crippen LogP contribution is -2.48. The Bertz CT molecular complexity index is 965. The minimum absolute atomic E-state index is 0.0585. The van der Waals surface area contributed by atoms with Gasteiger partial charge in [-0.1, -0.05) is 12.1 Å². The lowest BCUT2D eigenvalue weighted by atomic mass is 10.1.